The monoisotopic (exact) mass is 481 g/mol. The lowest BCUT2D eigenvalue weighted by molar-refractivity contribution is -0.121. The molecule has 1 unspecified atom stereocenters. The number of carbonyl (C=O) groups is 2. The molecule has 1 aromatic heterocycles. The third-order valence-electron chi connectivity index (χ3n) is 5.22. The van der Waals surface area contributed by atoms with E-state index in [0.29, 0.717) is 17.9 Å². The van der Waals surface area contributed by atoms with Crippen LogP contribution in [0.5, 0.6) is 5.75 Å². The van der Waals surface area contributed by atoms with Crippen LogP contribution in [-0.4, -0.2) is 43.0 Å². The van der Waals surface area contributed by atoms with Gasteiger partial charge in [0.05, 0.1) is 17.5 Å². The summed E-state index contributed by atoms with van der Waals surface area (Å²) >= 11 is 0. The van der Waals surface area contributed by atoms with Gasteiger partial charge in [0, 0.05) is 30.6 Å². The molecule has 0 aliphatic carbocycles. The average Bonchev–Trinajstić information content (AvgIpc) is 2.83. The first-order valence-corrected chi connectivity index (χ1v) is 12.1. The SMILES string of the molecule is CC(=O)c1ccc(S(=O)(=O)N(C)CC(=O)NC(C)c2ccc(OCc3cccnc3)cc2)cc1. The Morgan fingerprint density at radius 1 is 1.06 bits per heavy atom. The van der Waals surface area contributed by atoms with Gasteiger partial charge in [0.25, 0.3) is 0 Å². The molecule has 3 aromatic rings. The van der Waals surface area contributed by atoms with Crippen molar-refractivity contribution in [3.8, 4) is 5.75 Å². The zero-order valence-electron chi connectivity index (χ0n) is 19.3. The predicted molar refractivity (Wildman–Crippen MR) is 128 cm³/mol. The van der Waals surface area contributed by atoms with Gasteiger partial charge in [0.2, 0.25) is 15.9 Å². The molecule has 34 heavy (non-hydrogen) atoms. The summed E-state index contributed by atoms with van der Waals surface area (Å²) in [6.07, 6.45) is 3.44. The molecule has 178 valence electrons. The van der Waals surface area contributed by atoms with Gasteiger partial charge in [-0.25, -0.2) is 8.42 Å². The Labute approximate surface area is 199 Å². The van der Waals surface area contributed by atoms with E-state index in [0.717, 1.165) is 15.4 Å². The van der Waals surface area contributed by atoms with Crippen molar-refractivity contribution in [2.24, 2.45) is 0 Å². The zero-order chi connectivity index (χ0) is 24.7. The molecule has 8 nitrogen and oxygen atoms in total. The second-order valence-corrected chi connectivity index (χ2v) is 9.89. The van der Waals surface area contributed by atoms with Gasteiger partial charge in [-0.15, -0.1) is 0 Å². The van der Waals surface area contributed by atoms with Gasteiger partial charge in [-0.05, 0) is 49.7 Å². The lowest BCUT2D eigenvalue weighted by Gasteiger charge is -2.20. The Morgan fingerprint density at radius 2 is 1.74 bits per heavy atom. The van der Waals surface area contributed by atoms with Crippen molar-refractivity contribution in [1.29, 1.82) is 0 Å². The number of benzene rings is 2. The Balaban J connectivity index is 1.54. The maximum absolute atomic E-state index is 12.7. The molecule has 1 heterocycles. The van der Waals surface area contributed by atoms with Crippen LogP contribution in [-0.2, 0) is 21.4 Å². The van der Waals surface area contributed by atoms with E-state index in [4.69, 9.17) is 4.74 Å². The fourth-order valence-electron chi connectivity index (χ4n) is 3.20. The van der Waals surface area contributed by atoms with E-state index in [-0.39, 0.29) is 23.3 Å². The highest BCUT2D eigenvalue weighted by Crippen LogP contribution is 2.19. The molecule has 0 spiro atoms. The summed E-state index contributed by atoms with van der Waals surface area (Å²) in [5.41, 5.74) is 2.23. The van der Waals surface area contributed by atoms with Gasteiger partial charge >= 0.3 is 0 Å². The van der Waals surface area contributed by atoms with Gasteiger partial charge in [0.15, 0.2) is 5.78 Å². The van der Waals surface area contributed by atoms with E-state index in [1.807, 2.05) is 43.3 Å². The van der Waals surface area contributed by atoms with Gasteiger partial charge < -0.3 is 10.1 Å². The van der Waals surface area contributed by atoms with Gasteiger partial charge in [-0.2, -0.15) is 4.31 Å². The van der Waals surface area contributed by atoms with Crippen LogP contribution in [0.25, 0.3) is 0 Å². The smallest absolute Gasteiger partial charge is 0.243 e. The summed E-state index contributed by atoms with van der Waals surface area (Å²) in [5, 5.41) is 2.81. The number of sulfonamides is 1. The number of hydrogen-bond donors (Lipinski definition) is 1. The fourth-order valence-corrected chi connectivity index (χ4v) is 4.33. The molecule has 9 heteroatoms. The summed E-state index contributed by atoms with van der Waals surface area (Å²) < 4.78 is 32.2. The number of aromatic nitrogens is 1. The number of likely N-dealkylation sites (N-methyl/N-ethyl adjacent to an activating group) is 1. The van der Waals surface area contributed by atoms with Crippen molar-refractivity contribution < 1.29 is 22.7 Å². The third kappa shape index (κ3) is 6.49. The predicted octanol–water partition coefficient (Wildman–Crippen LogP) is 3.36. The van der Waals surface area contributed by atoms with Gasteiger partial charge in [-0.1, -0.05) is 30.3 Å². The molecule has 1 atom stereocenters. The average molecular weight is 482 g/mol. The van der Waals surface area contributed by atoms with E-state index < -0.39 is 15.9 Å². The van der Waals surface area contributed by atoms with Crippen LogP contribution in [0.2, 0.25) is 0 Å². The Hall–Kier alpha value is -3.56. The number of ether oxygens (including phenoxy) is 1. The van der Waals surface area contributed by atoms with Crippen molar-refractivity contribution in [2.75, 3.05) is 13.6 Å². The molecule has 3 rings (SSSR count). The summed E-state index contributed by atoms with van der Waals surface area (Å²) in [6, 6.07) is 16.4. The van der Waals surface area contributed by atoms with Crippen molar-refractivity contribution in [1.82, 2.24) is 14.6 Å². The number of amides is 1. The molecule has 0 fully saturated rings. The van der Waals surface area contributed by atoms with E-state index in [9.17, 15) is 18.0 Å². The number of rotatable bonds is 10. The highest BCUT2D eigenvalue weighted by atomic mass is 32.2. The van der Waals surface area contributed by atoms with E-state index >= 15 is 0 Å². The standard InChI is InChI=1S/C25H27N3O5S/c1-18(21-6-10-23(11-7-21)33-17-20-5-4-14-26-15-20)27-25(30)16-28(3)34(31,32)24-12-8-22(9-13-24)19(2)29/h4-15,18H,16-17H2,1-3H3,(H,27,30). The molecular formula is C25H27N3O5S. The van der Waals surface area contributed by atoms with Crippen molar-refractivity contribution >= 4 is 21.7 Å². The van der Waals surface area contributed by atoms with Crippen LogP contribution >= 0.6 is 0 Å². The molecule has 1 amide bonds. The molecule has 0 aliphatic rings. The second-order valence-electron chi connectivity index (χ2n) is 7.85. The number of hydrogen-bond acceptors (Lipinski definition) is 6. The Kier molecular flexibility index (Phi) is 8.14. The lowest BCUT2D eigenvalue weighted by atomic mass is 10.1. The Morgan fingerprint density at radius 3 is 2.32 bits per heavy atom. The molecule has 2 aromatic carbocycles. The minimum atomic E-state index is -3.87. The molecule has 0 aliphatic heterocycles. The maximum atomic E-state index is 12.7. The second kappa shape index (κ2) is 11.0. The van der Waals surface area contributed by atoms with Crippen LogP contribution in [0.1, 0.15) is 41.4 Å². The number of nitrogens with one attached hydrogen (secondary N) is 1. The summed E-state index contributed by atoms with van der Waals surface area (Å²) in [6.45, 7) is 3.29. The van der Waals surface area contributed by atoms with Crippen molar-refractivity contribution in [3.05, 3.63) is 89.7 Å². The largest absolute Gasteiger partial charge is 0.489 e. The summed E-state index contributed by atoms with van der Waals surface area (Å²) in [4.78, 5) is 28.0. The zero-order valence-corrected chi connectivity index (χ0v) is 20.1. The number of Topliss-reactive ketones (excluding diaryl/α,β-unsaturated/α-hetero) is 1. The van der Waals surface area contributed by atoms with Gasteiger partial charge in [-0.3, -0.25) is 14.6 Å². The first-order chi connectivity index (χ1) is 16.2. The first-order valence-electron chi connectivity index (χ1n) is 10.6. The molecule has 1 N–H and O–H groups in total. The van der Waals surface area contributed by atoms with E-state index in [1.54, 1.807) is 12.4 Å². The highest BCUT2D eigenvalue weighted by Gasteiger charge is 2.23. The summed E-state index contributed by atoms with van der Waals surface area (Å²) in [7, 11) is -2.53. The summed E-state index contributed by atoms with van der Waals surface area (Å²) in [5.74, 6) is 0.0994. The molecular weight excluding hydrogens is 454 g/mol. The molecule has 0 saturated heterocycles. The van der Waals surface area contributed by atoms with Gasteiger partial charge in [0.1, 0.15) is 12.4 Å². The number of pyridine rings is 1. The first kappa shape index (κ1) is 25.1. The minimum Gasteiger partial charge on any atom is -0.489 e. The van der Waals surface area contributed by atoms with E-state index in [1.165, 1.54) is 38.2 Å². The van der Waals surface area contributed by atoms with Crippen LogP contribution in [0.4, 0.5) is 0 Å². The lowest BCUT2D eigenvalue weighted by Crippen LogP contribution is -2.39. The maximum Gasteiger partial charge on any atom is 0.243 e. The number of nitrogens with zero attached hydrogens (tertiary/aromatic N) is 2. The van der Waals surface area contributed by atoms with Crippen molar-refractivity contribution in [3.63, 3.8) is 0 Å². The van der Waals surface area contributed by atoms with Crippen LogP contribution in [0, 0.1) is 0 Å². The van der Waals surface area contributed by atoms with E-state index in [2.05, 4.69) is 10.3 Å². The van der Waals surface area contributed by atoms with Crippen LogP contribution < -0.4 is 10.1 Å². The molecule has 0 saturated carbocycles. The normalized spacial score (nSPS) is 12.2. The third-order valence-corrected chi connectivity index (χ3v) is 7.04. The fraction of sp³-hybridized carbons (Fsp3) is 0.240. The Bertz CT molecular complexity index is 1230. The number of ketones is 1. The van der Waals surface area contributed by atoms with Crippen LogP contribution in [0.3, 0.4) is 0 Å². The topological polar surface area (TPSA) is 106 Å². The molecule has 0 radical (unpaired) electrons. The molecule has 0 bridgehead atoms. The van der Waals surface area contributed by atoms with Crippen molar-refractivity contribution in [2.45, 2.75) is 31.4 Å². The quantitative estimate of drug-likeness (QED) is 0.445. The highest BCUT2D eigenvalue weighted by molar-refractivity contribution is 7.89. The number of carbonyl (C=O) groups excluding carboxylic acids is 2. The minimum absolute atomic E-state index is 0.0164. The van der Waals surface area contributed by atoms with Crippen LogP contribution in [0.15, 0.2) is 78.0 Å².